The molecular formula is C47H58N6O13. The number of imide groups is 1. The van der Waals surface area contributed by atoms with Gasteiger partial charge in [0.2, 0.25) is 0 Å². The van der Waals surface area contributed by atoms with Crippen LogP contribution >= 0.6 is 0 Å². The third-order valence-electron chi connectivity index (χ3n) is 9.79. The van der Waals surface area contributed by atoms with Crippen molar-refractivity contribution in [2.24, 2.45) is 23.5 Å². The van der Waals surface area contributed by atoms with Crippen LogP contribution in [0, 0.1) is 17.8 Å². The van der Waals surface area contributed by atoms with Gasteiger partial charge in [0, 0.05) is 6.20 Å². The van der Waals surface area contributed by atoms with Crippen LogP contribution in [0.5, 0.6) is 0 Å². The number of rotatable bonds is 22. The van der Waals surface area contributed by atoms with Crippen molar-refractivity contribution < 1.29 is 57.2 Å². The molecule has 0 spiro atoms. The highest BCUT2D eigenvalue weighted by atomic mass is 16.6. The fourth-order valence-corrected chi connectivity index (χ4v) is 5.80. The summed E-state index contributed by atoms with van der Waals surface area (Å²) >= 11 is 0. The van der Waals surface area contributed by atoms with Gasteiger partial charge in [0.25, 0.3) is 5.91 Å². The molecule has 1 heterocycles. The van der Waals surface area contributed by atoms with E-state index in [-0.39, 0.29) is 25.6 Å². The fraction of sp³-hybridized carbons (Fsp3) is 0.404. The summed E-state index contributed by atoms with van der Waals surface area (Å²) in [6.07, 6.45) is -2.88. The molecule has 0 saturated heterocycles. The highest BCUT2D eigenvalue weighted by Crippen LogP contribution is 2.16. The molecular weight excluding hydrogens is 857 g/mol. The number of nitrogens with one attached hydrogen (secondary N) is 2. The standard InChI is InChI=1S/C47H58N6O13/c1-30(2)38(48)41(54)53(47(60)65-26-35-20-14-9-15-21-35)37-22-23-52(44(57)49-37)29-66-36(27-61-42(55)39(31(3)4)50-45(58)63-24-33-16-10-7-11-17-33)28-62-43(56)40(32(5)6)51-46(59)64-25-34-18-12-8-13-19-34/h7-23,30-32,36,38-40H,24-29,48H2,1-6H3,(H,50,58)(H,51,59)/t38-,39-,40-/m0/s1. The van der Waals surface area contributed by atoms with Gasteiger partial charge in [-0.25, -0.2) is 28.8 Å². The maximum absolute atomic E-state index is 13.5. The summed E-state index contributed by atoms with van der Waals surface area (Å²) in [6.45, 7) is 8.18. The van der Waals surface area contributed by atoms with Crippen LogP contribution < -0.4 is 27.0 Å². The Balaban J connectivity index is 1.49. The number of anilines is 1. The molecule has 19 nitrogen and oxygen atoms in total. The molecule has 4 rings (SSSR count). The van der Waals surface area contributed by atoms with Crippen LogP contribution in [0.2, 0.25) is 0 Å². The van der Waals surface area contributed by atoms with Crippen LogP contribution in [0.3, 0.4) is 0 Å². The number of amides is 4. The minimum Gasteiger partial charge on any atom is -0.461 e. The van der Waals surface area contributed by atoms with Gasteiger partial charge >= 0.3 is 35.9 Å². The lowest BCUT2D eigenvalue weighted by atomic mass is 10.0. The third kappa shape index (κ3) is 16.5. The number of esters is 2. The molecule has 1 aromatic heterocycles. The van der Waals surface area contributed by atoms with Crippen LogP contribution in [0.15, 0.2) is 108 Å². The summed E-state index contributed by atoms with van der Waals surface area (Å²) < 4.78 is 34.0. The average molecular weight is 915 g/mol. The Bertz CT molecular complexity index is 2170. The van der Waals surface area contributed by atoms with Crippen LogP contribution in [0.25, 0.3) is 0 Å². The molecule has 0 aliphatic carbocycles. The van der Waals surface area contributed by atoms with Crippen molar-refractivity contribution in [2.75, 3.05) is 18.1 Å². The predicted octanol–water partition coefficient (Wildman–Crippen LogP) is 5.23. The van der Waals surface area contributed by atoms with E-state index in [0.717, 1.165) is 15.7 Å². The van der Waals surface area contributed by atoms with E-state index in [1.165, 1.54) is 12.3 Å². The molecule has 0 aliphatic heterocycles. The maximum atomic E-state index is 13.5. The van der Waals surface area contributed by atoms with E-state index in [4.69, 9.17) is 34.2 Å². The maximum Gasteiger partial charge on any atom is 0.422 e. The van der Waals surface area contributed by atoms with Crippen LogP contribution in [-0.2, 0) is 69.4 Å². The van der Waals surface area contributed by atoms with Gasteiger partial charge in [0.05, 0.1) is 6.04 Å². The zero-order valence-electron chi connectivity index (χ0n) is 37.8. The Hall–Kier alpha value is -7.12. The first-order chi connectivity index (χ1) is 31.5. The molecule has 0 saturated carbocycles. The summed E-state index contributed by atoms with van der Waals surface area (Å²) in [5.41, 5.74) is 7.27. The smallest absolute Gasteiger partial charge is 0.422 e. The monoisotopic (exact) mass is 914 g/mol. The quantitative estimate of drug-likeness (QED) is 0.0675. The Morgan fingerprint density at radius 2 is 1.03 bits per heavy atom. The first-order valence-corrected chi connectivity index (χ1v) is 21.3. The lowest BCUT2D eigenvalue weighted by Crippen LogP contribution is -2.50. The summed E-state index contributed by atoms with van der Waals surface area (Å²) in [6, 6.07) is 24.3. The number of ether oxygens (including phenoxy) is 6. The first kappa shape index (κ1) is 51.5. The third-order valence-corrected chi connectivity index (χ3v) is 9.79. The van der Waals surface area contributed by atoms with Crippen LogP contribution in [0.4, 0.5) is 20.2 Å². The van der Waals surface area contributed by atoms with E-state index < -0.39 is 104 Å². The van der Waals surface area contributed by atoms with Gasteiger partial charge in [-0.2, -0.15) is 9.88 Å². The molecule has 3 aromatic carbocycles. The number of hydrogen-bond acceptors (Lipinski definition) is 15. The van der Waals surface area contributed by atoms with E-state index >= 15 is 0 Å². The average Bonchev–Trinajstić information content (AvgIpc) is 3.30. The van der Waals surface area contributed by atoms with Gasteiger partial charge in [0.1, 0.15) is 58.0 Å². The molecule has 0 fully saturated rings. The molecule has 0 radical (unpaired) electrons. The van der Waals surface area contributed by atoms with Crippen molar-refractivity contribution in [1.82, 2.24) is 20.2 Å². The zero-order chi connectivity index (χ0) is 48.2. The molecule has 3 atom stereocenters. The van der Waals surface area contributed by atoms with Gasteiger partial charge in [-0.3, -0.25) is 9.36 Å². The summed E-state index contributed by atoms with van der Waals surface area (Å²) in [7, 11) is 0. The van der Waals surface area contributed by atoms with Gasteiger partial charge < -0.3 is 44.8 Å². The van der Waals surface area contributed by atoms with E-state index in [1.807, 2.05) is 12.1 Å². The molecule has 0 unspecified atom stereocenters. The highest BCUT2D eigenvalue weighted by Gasteiger charge is 2.33. The Morgan fingerprint density at radius 1 is 0.606 bits per heavy atom. The highest BCUT2D eigenvalue weighted by molar-refractivity contribution is 6.13. The molecule has 4 amide bonds. The SMILES string of the molecule is CC(C)[C@H](N)C(=O)N(C(=O)OCc1ccccc1)c1ccn(COC(COC(=O)[C@@H](NC(=O)OCc2ccccc2)C(C)C)COC(=O)[C@@H](NC(=O)OCc2ccccc2)C(C)C)c(=O)n1. The number of carbonyl (C=O) groups excluding carboxylic acids is 6. The second-order valence-electron chi connectivity index (χ2n) is 16.1. The van der Waals surface area contributed by atoms with E-state index in [0.29, 0.717) is 10.5 Å². The number of carbonyl (C=O) groups is 6. The topological polar surface area (TPSA) is 246 Å². The number of aromatic nitrogens is 2. The molecule has 0 bridgehead atoms. The van der Waals surface area contributed by atoms with Crippen LogP contribution in [-0.4, -0.2) is 83.1 Å². The molecule has 354 valence electrons. The minimum absolute atomic E-state index is 0.0435. The Morgan fingerprint density at radius 3 is 1.42 bits per heavy atom. The number of hydrogen-bond donors (Lipinski definition) is 3. The second kappa shape index (κ2) is 26.0. The van der Waals surface area contributed by atoms with Gasteiger partial charge in [-0.15, -0.1) is 0 Å². The predicted molar refractivity (Wildman–Crippen MR) is 239 cm³/mol. The van der Waals surface area contributed by atoms with E-state index in [2.05, 4.69) is 15.6 Å². The molecule has 19 heteroatoms. The van der Waals surface area contributed by atoms with Crippen molar-refractivity contribution in [2.45, 2.75) is 92.3 Å². The zero-order valence-corrected chi connectivity index (χ0v) is 37.8. The molecule has 0 aliphatic rings. The number of benzene rings is 3. The number of nitrogens with two attached hydrogens (primary N) is 1. The molecule has 66 heavy (non-hydrogen) atoms. The number of nitrogens with zero attached hydrogens (tertiary/aromatic N) is 3. The van der Waals surface area contributed by atoms with E-state index in [1.54, 1.807) is 120 Å². The van der Waals surface area contributed by atoms with Gasteiger partial charge in [-0.05, 0) is 40.5 Å². The normalized spacial score (nSPS) is 12.5. The molecule has 4 N–H and O–H groups in total. The first-order valence-electron chi connectivity index (χ1n) is 21.3. The second-order valence-corrected chi connectivity index (χ2v) is 16.1. The fourth-order valence-electron chi connectivity index (χ4n) is 5.80. The van der Waals surface area contributed by atoms with Gasteiger partial charge in [0.15, 0.2) is 5.82 Å². The molecule has 4 aromatic rings. The van der Waals surface area contributed by atoms with E-state index in [9.17, 15) is 33.6 Å². The largest absolute Gasteiger partial charge is 0.461 e. The lowest BCUT2D eigenvalue weighted by Gasteiger charge is -2.25. The van der Waals surface area contributed by atoms with Crippen LogP contribution in [0.1, 0.15) is 58.2 Å². The number of alkyl carbamates (subject to hydrolysis) is 2. The lowest BCUT2D eigenvalue weighted by molar-refractivity contribution is -0.161. The summed E-state index contributed by atoms with van der Waals surface area (Å²) in [4.78, 5) is 97.0. The van der Waals surface area contributed by atoms with Crippen molar-refractivity contribution in [3.8, 4) is 0 Å². The van der Waals surface area contributed by atoms with Crippen molar-refractivity contribution in [3.05, 3.63) is 130 Å². The summed E-state index contributed by atoms with van der Waals surface area (Å²) in [5.74, 6) is -4.26. The van der Waals surface area contributed by atoms with Gasteiger partial charge in [-0.1, -0.05) is 133 Å². The summed E-state index contributed by atoms with van der Waals surface area (Å²) in [5, 5.41) is 5.03. The Labute approximate surface area is 382 Å². The van der Waals surface area contributed by atoms with Crippen molar-refractivity contribution >= 4 is 41.9 Å². The van der Waals surface area contributed by atoms with Crippen molar-refractivity contribution in [3.63, 3.8) is 0 Å². The van der Waals surface area contributed by atoms with Crippen molar-refractivity contribution in [1.29, 1.82) is 0 Å². The Kier molecular flexibility index (Phi) is 20.3. The minimum atomic E-state index is -1.24.